The Kier molecular flexibility index (Phi) is 5.89. The van der Waals surface area contributed by atoms with Crippen molar-refractivity contribution in [3.63, 3.8) is 0 Å². The van der Waals surface area contributed by atoms with Crippen LogP contribution >= 0.6 is 0 Å². The van der Waals surface area contributed by atoms with Crippen molar-refractivity contribution in [2.24, 2.45) is 0 Å². The molecule has 0 spiro atoms. The first kappa shape index (κ1) is 20.9. The molecule has 1 N–H and O–H groups in total. The van der Waals surface area contributed by atoms with Gasteiger partial charge in [0.2, 0.25) is 0 Å². The molecule has 1 aliphatic heterocycles. The molecule has 168 valence electrons. The van der Waals surface area contributed by atoms with Crippen LogP contribution in [0.3, 0.4) is 0 Å². The summed E-state index contributed by atoms with van der Waals surface area (Å²) in [6.07, 6.45) is 4.01. The minimum Gasteiger partial charge on any atom is -0.486 e. The van der Waals surface area contributed by atoms with Crippen LogP contribution in [0.15, 0.2) is 65.1 Å². The molecule has 0 bridgehead atoms. The van der Waals surface area contributed by atoms with Crippen molar-refractivity contribution in [1.29, 1.82) is 0 Å². The quantitative estimate of drug-likeness (QED) is 0.438. The number of carbonyl (C=O) groups excluding carboxylic acids is 1. The highest BCUT2D eigenvalue weighted by Gasteiger charge is 2.20. The van der Waals surface area contributed by atoms with Gasteiger partial charge in [-0.15, -0.1) is 10.2 Å². The van der Waals surface area contributed by atoms with E-state index in [0.29, 0.717) is 28.6 Å². The first-order valence-electron chi connectivity index (χ1n) is 11.0. The van der Waals surface area contributed by atoms with Gasteiger partial charge in [0.1, 0.15) is 29.8 Å². The number of hydrogen-bond acceptors (Lipinski definition) is 5. The number of nitrogens with one attached hydrogen (secondary N) is 1. The van der Waals surface area contributed by atoms with Crippen LogP contribution in [0.5, 0.6) is 5.75 Å². The number of halogens is 1. The third-order valence-electron chi connectivity index (χ3n) is 5.58. The van der Waals surface area contributed by atoms with E-state index >= 15 is 0 Å². The molecule has 33 heavy (non-hydrogen) atoms. The number of para-hydroxylation sites is 1. The number of ether oxygens (including phenoxy) is 1. The van der Waals surface area contributed by atoms with Crippen molar-refractivity contribution >= 4 is 11.6 Å². The Morgan fingerprint density at radius 2 is 1.94 bits per heavy atom. The van der Waals surface area contributed by atoms with Gasteiger partial charge in [0.15, 0.2) is 11.6 Å². The third kappa shape index (κ3) is 4.64. The Hall–Kier alpha value is -3.94. The first-order valence-corrected chi connectivity index (χ1v) is 11.0. The van der Waals surface area contributed by atoms with E-state index in [2.05, 4.69) is 15.5 Å². The lowest BCUT2D eigenvalue weighted by molar-refractivity contribution is 0.0992. The van der Waals surface area contributed by atoms with Crippen LogP contribution < -0.4 is 10.1 Å². The lowest BCUT2D eigenvalue weighted by Gasteiger charge is -2.10. The van der Waals surface area contributed by atoms with Gasteiger partial charge >= 0.3 is 0 Å². The molecule has 0 saturated carbocycles. The van der Waals surface area contributed by atoms with Crippen molar-refractivity contribution in [3.05, 3.63) is 83.8 Å². The van der Waals surface area contributed by atoms with E-state index in [4.69, 9.17) is 9.15 Å². The molecule has 3 heterocycles. The van der Waals surface area contributed by atoms with E-state index in [-0.39, 0.29) is 12.4 Å². The zero-order valence-corrected chi connectivity index (χ0v) is 18.0. The summed E-state index contributed by atoms with van der Waals surface area (Å²) >= 11 is 0. The summed E-state index contributed by atoms with van der Waals surface area (Å²) in [6, 6.07) is 17.0. The number of nitrogens with zero attached hydrogens (tertiary/aromatic N) is 3. The van der Waals surface area contributed by atoms with Crippen LogP contribution in [0.4, 0.5) is 10.1 Å². The monoisotopic (exact) mass is 446 g/mol. The number of rotatable bonds is 6. The van der Waals surface area contributed by atoms with Crippen molar-refractivity contribution in [1.82, 2.24) is 14.8 Å². The van der Waals surface area contributed by atoms with Crippen molar-refractivity contribution < 1.29 is 18.3 Å². The van der Waals surface area contributed by atoms with Gasteiger partial charge in [-0.2, -0.15) is 0 Å². The van der Waals surface area contributed by atoms with Crippen LogP contribution in [-0.2, 0) is 19.6 Å². The molecule has 0 aliphatic carbocycles. The number of hydrogen-bond donors (Lipinski definition) is 1. The van der Waals surface area contributed by atoms with Crippen LogP contribution in [-0.4, -0.2) is 20.7 Å². The van der Waals surface area contributed by atoms with Crippen molar-refractivity contribution in [2.75, 3.05) is 5.32 Å². The molecule has 0 unspecified atom stereocenters. The van der Waals surface area contributed by atoms with E-state index in [1.807, 2.05) is 34.9 Å². The highest BCUT2D eigenvalue weighted by molar-refractivity contribution is 6.02. The zero-order valence-electron chi connectivity index (χ0n) is 18.0. The summed E-state index contributed by atoms with van der Waals surface area (Å²) in [5, 5.41) is 11.2. The molecule has 1 aliphatic rings. The van der Waals surface area contributed by atoms with Gasteiger partial charge in [0.25, 0.3) is 5.91 Å². The number of aromatic nitrogens is 3. The summed E-state index contributed by atoms with van der Waals surface area (Å²) in [7, 11) is 0. The van der Waals surface area contributed by atoms with E-state index in [1.165, 1.54) is 12.1 Å². The van der Waals surface area contributed by atoms with E-state index in [1.54, 1.807) is 18.2 Å². The predicted octanol–water partition coefficient (Wildman–Crippen LogP) is 5.23. The second-order valence-corrected chi connectivity index (χ2v) is 7.92. The summed E-state index contributed by atoms with van der Waals surface area (Å²) in [5.41, 5.74) is 0.755. The largest absolute Gasteiger partial charge is 0.486 e. The summed E-state index contributed by atoms with van der Waals surface area (Å²) in [5.74, 6) is 1.89. The van der Waals surface area contributed by atoms with E-state index in [9.17, 15) is 9.18 Å². The van der Waals surface area contributed by atoms with Crippen molar-refractivity contribution in [2.45, 2.75) is 38.8 Å². The number of furan rings is 1. The maximum Gasteiger partial charge on any atom is 0.291 e. The zero-order chi connectivity index (χ0) is 22.6. The fourth-order valence-corrected chi connectivity index (χ4v) is 3.90. The molecule has 0 fully saturated rings. The minimum absolute atomic E-state index is 0.142. The Morgan fingerprint density at radius 1 is 1.06 bits per heavy atom. The van der Waals surface area contributed by atoms with Gasteiger partial charge < -0.3 is 19.0 Å². The fourth-order valence-electron chi connectivity index (χ4n) is 3.90. The standard InChI is InChI=1S/C25H23FN4O3/c26-21-12-10-17(15-20(21)24-29-28-23-9-5-2-6-14-30(23)24)27-25(31)22-13-11-19(33-22)16-32-18-7-3-1-4-8-18/h1,3-4,7-8,10-13,15H,2,5-6,9,14,16H2,(H,27,31). The maximum absolute atomic E-state index is 14.7. The minimum atomic E-state index is -0.432. The topological polar surface area (TPSA) is 82.2 Å². The lowest BCUT2D eigenvalue weighted by atomic mass is 10.1. The van der Waals surface area contributed by atoms with Crippen LogP contribution in [0.25, 0.3) is 11.4 Å². The molecule has 4 aromatic rings. The molecule has 2 aromatic heterocycles. The first-order chi connectivity index (χ1) is 16.2. The number of carbonyl (C=O) groups is 1. The highest BCUT2D eigenvalue weighted by Crippen LogP contribution is 2.28. The van der Waals surface area contributed by atoms with Crippen LogP contribution in [0.2, 0.25) is 0 Å². The molecule has 7 nitrogen and oxygen atoms in total. The Labute approximate surface area is 190 Å². The molecule has 1 amide bonds. The number of amides is 1. The normalized spacial score (nSPS) is 13.2. The maximum atomic E-state index is 14.7. The second-order valence-electron chi connectivity index (χ2n) is 7.92. The highest BCUT2D eigenvalue weighted by atomic mass is 19.1. The van der Waals surface area contributed by atoms with Gasteiger partial charge in [0.05, 0.1) is 5.56 Å². The smallest absolute Gasteiger partial charge is 0.291 e. The molecule has 5 rings (SSSR count). The average Bonchev–Trinajstić information content (AvgIpc) is 3.41. The Bertz CT molecular complexity index is 1270. The molecule has 0 saturated heterocycles. The van der Waals surface area contributed by atoms with Gasteiger partial charge in [-0.05, 0) is 55.3 Å². The Balaban J connectivity index is 1.30. The number of benzene rings is 2. The van der Waals surface area contributed by atoms with Gasteiger partial charge in [-0.25, -0.2) is 4.39 Å². The predicted molar refractivity (Wildman–Crippen MR) is 120 cm³/mol. The van der Waals surface area contributed by atoms with Gasteiger partial charge in [-0.3, -0.25) is 4.79 Å². The molecule has 8 heteroatoms. The van der Waals surface area contributed by atoms with Gasteiger partial charge in [-0.1, -0.05) is 24.6 Å². The number of anilines is 1. The van der Waals surface area contributed by atoms with Crippen LogP contribution in [0, 0.1) is 5.82 Å². The average molecular weight is 446 g/mol. The molecular weight excluding hydrogens is 423 g/mol. The SMILES string of the molecule is O=C(Nc1ccc(F)c(-c2nnc3n2CCCCC3)c1)c1ccc(COc2ccccc2)o1. The molecule has 0 radical (unpaired) electrons. The van der Waals surface area contributed by atoms with Gasteiger partial charge in [0, 0.05) is 18.7 Å². The molecular formula is C25H23FN4O3. The van der Waals surface area contributed by atoms with E-state index in [0.717, 1.165) is 38.1 Å². The Morgan fingerprint density at radius 3 is 2.82 bits per heavy atom. The number of fused-ring (bicyclic) bond motifs is 1. The number of aryl methyl sites for hydroxylation is 1. The lowest BCUT2D eigenvalue weighted by Crippen LogP contribution is -2.11. The fraction of sp³-hybridized carbons (Fsp3) is 0.240. The second kappa shape index (κ2) is 9.28. The third-order valence-corrected chi connectivity index (χ3v) is 5.58. The van der Waals surface area contributed by atoms with Crippen molar-refractivity contribution in [3.8, 4) is 17.1 Å². The summed E-state index contributed by atoms with van der Waals surface area (Å²) in [6.45, 7) is 0.962. The molecule has 0 atom stereocenters. The summed E-state index contributed by atoms with van der Waals surface area (Å²) < 4.78 is 27.9. The van der Waals surface area contributed by atoms with E-state index < -0.39 is 11.7 Å². The molecule has 2 aromatic carbocycles. The summed E-state index contributed by atoms with van der Waals surface area (Å²) in [4.78, 5) is 12.7. The van der Waals surface area contributed by atoms with Crippen LogP contribution in [0.1, 0.15) is 41.4 Å².